The third kappa shape index (κ3) is 12.5. The second-order valence-electron chi connectivity index (χ2n) is 12.7. The number of rotatable bonds is 7. The van der Waals surface area contributed by atoms with Crippen molar-refractivity contribution in [3.63, 3.8) is 0 Å². The van der Waals surface area contributed by atoms with Crippen LogP contribution in [-0.2, 0) is 44.1 Å². The van der Waals surface area contributed by atoms with E-state index >= 15 is 0 Å². The highest BCUT2D eigenvalue weighted by Crippen LogP contribution is 2.31. The molecule has 4 aromatic rings. The number of hydrogen-bond acceptors (Lipinski definition) is 10. The van der Waals surface area contributed by atoms with Gasteiger partial charge in [-0.15, -0.1) is 5.10 Å². The van der Waals surface area contributed by atoms with Crippen molar-refractivity contribution in [2.24, 2.45) is 0 Å². The molecule has 3 N–H and O–H groups in total. The number of halogens is 3. The van der Waals surface area contributed by atoms with Crippen molar-refractivity contribution in [1.82, 2.24) is 15.0 Å². The molecule has 0 unspecified atom stereocenters. The van der Waals surface area contributed by atoms with Crippen LogP contribution < -0.4 is 25.1 Å². The molecule has 0 radical (unpaired) electrons. The molecule has 0 amide bonds. The van der Waals surface area contributed by atoms with Crippen molar-refractivity contribution in [2.45, 2.75) is 52.1 Å². The molecule has 3 aromatic carbocycles. The van der Waals surface area contributed by atoms with Crippen molar-refractivity contribution in [3.05, 3.63) is 89.1 Å². The number of carboxylic acids is 1. The number of carboxylic acid groups (broad SMARTS) is 1. The largest absolute Gasteiger partial charge is 0.542 e. The predicted molar refractivity (Wildman–Crippen MR) is 182 cm³/mol. The molecule has 0 aliphatic carbocycles. The molecule has 15 heteroatoms. The Balaban J connectivity index is 0.000000785. The van der Waals surface area contributed by atoms with Crippen molar-refractivity contribution < 1.29 is 57.2 Å². The van der Waals surface area contributed by atoms with Crippen LogP contribution in [0, 0.1) is 0 Å². The number of fused-ring (bicyclic) bond motifs is 1. The van der Waals surface area contributed by atoms with E-state index in [9.17, 15) is 13.2 Å². The summed E-state index contributed by atoms with van der Waals surface area (Å²) in [5.41, 5.74) is 10.2. The van der Waals surface area contributed by atoms with Gasteiger partial charge >= 0.3 is 6.18 Å². The normalized spacial score (nSPS) is 14.7. The number of aliphatic carboxylic acids is 1. The Kier molecular flexibility index (Phi) is 14.8. The molecule has 0 saturated carbocycles. The van der Waals surface area contributed by atoms with Gasteiger partial charge in [0, 0.05) is 11.1 Å². The maximum absolute atomic E-state index is 10.5. The number of quaternary nitrogens is 1. The standard InChI is InChI=1S/C35H44N4O6.C2HF3O2/c1-35(2,3)29-9-11-30(12-10-29)45-25-31-34(28-7-4-26(23-36)5-8-28)39(38-37-31)24-27-6-13-32-33(22-27)44-21-19-42-17-15-40-14-16-41-18-20-43-32;3-2(4,5)1(6)7/h4-13,22H,14-21,23-25,36H2,1-3H3;(H,6,7). The molecule has 0 bridgehead atoms. The smallest absolute Gasteiger partial charge is 0.430 e. The van der Waals surface area contributed by atoms with Crippen LogP contribution in [0.4, 0.5) is 13.2 Å². The van der Waals surface area contributed by atoms with Crippen molar-refractivity contribution >= 4 is 5.97 Å². The summed E-state index contributed by atoms with van der Waals surface area (Å²) in [5.74, 6) is -0.919. The summed E-state index contributed by atoms with van der Waals surface area (Å²) in [6.45, 7) is 11.9. The predicted octanol–water partition coefficient (Wildman–Crippen LogP) is 3.73. The molecule has 5 rings (SSSR count). The van der Waals surface area contributed by atoms with Crippen LogP contribution in [0.1, 0.15) is 43.2 Å². The lowest BCUT2D eigenvalue weighted by Gasteiger charge is -2.19. The zero-order chi connectivity index (χ0) is 37.6. The first kappa shape index (κ1) is 40.1. The fourth-order valence-electron chi connectivity index (χ4n) is 4.92. The van der Waals surface area contributed by atoms with Crippen molar-refractivity contribution in [1.29, 1.82) is 0 Å². The summed E-state index contributed by atoms with van der Waals surface area (Å²) in [6, 6.07) is 22.5. The lowest BCUT2D eigenvalue weighted by atomic mass is 9.87. The Morgan fingerprint density at radius 3 is 1.88 bits per heavy atom. The molecule has 282 valence electrons. The Morgan fingerprint density at radius 1 is 0.808 bits per heavy atom. The Morgan fingerprint density at radius 2 is 1.35 bits per heavy atom. The van der Waals surface area contributed by atoms with Gasteiger partial charge in [-0.25, -0.2) is 4.68 Å². The topological polar surface area (TPSA) is 154 Å². The van der Waals surface area contributed by atoms with Gasteiger partial charge in [0.05, 0.1) is 58.4 Å². The van der Waals surface area contributed by atoms with Crippen LogP contribution in [0.3, 0.4) is 0 Å². The van der Waals surface area contributed by atoms with Gasteiger partial charge in [0.15, 0.2) is 11.5 Å². The third-order valence-electron chi connectivity index (χ3n) is 7.70. The second-order valence-corrected chi connectivity index (χ2v) is 12.7. The fraction of sp³-hybridized carbons (Fsp3) is 0.432. The van der Waals surface area contributed by atoms with Crippen LogP contribution >= 0.6 is 0 Å². The molecule has 0 spiro atoms. The van der Waals surface area contributed by atoms with Gasteiger partial charge in [0.25, 0.3) is 0 Å². The molecular weight excluding hydrogens is 685 g/mol. The summed E-state index contributed by atoms with van der Waals surface area (Å²) in [6.07, 6.45) is -5.19. The number of carbonyl (C=O) groups is 1. The third-order valence-corrected chi connectivity index (χ3v) is 7.70. The maximum Gasteiger partial charge on any atom is 0.430 e. The maximum atomic E-state index is 10.5. The van der Waals surface area contributed by atoms with Gasteiger partial charge in [-0.2, -0.15) is 13.2 Å². The highest BCUT2D eigenvalue weighted by atomic mass is 19.4. The molecule has 0 fully saturated rings. The van der Waals surface area contributed by atoms with Gasteiger partial charge in [-0.1, -0.05) is 68.4 Å². The molecule has 0 saturated heterocycles. The summed E-state index contributed by atoms with van der Waals surface area (Å²) in [5, 5.41) is 17.9. The van der Waals surface area contributed by atoms with E-state index in [4.69, 9.17) is 38.3 Å². The van der Waals surface area contributed by atoms with Gasteiger partial charge < -0.3 is 44.1 Å². The van der Waals surface area contributed by atoms with Crippen LogP contribution in [0.25, 0.3) is 11.3 Å². The number of nitrogens with zero attached hydrogens (tertiary/aromatic N) is 3. The number of alkyl halides is 3. The minimum absolute atomic E-state index is 0.0772. The average molecular weight is 731 g/mol. The SMILES string of the molecule is CC(C)(C)c1ccc(OCc2nnn(Cc3ccc4c(c3)OCCOCCOCCOCCO4)c2-c2ccc(C[NH3+])cc2)cc1.O=C([O-])C(F)(F)F. The van der Waals surface area contributed by atoms with Gasteiger partial charge in [0.1, 0.15) is 37.2 Å². The van der Waals surface area contributed by atoms with Gasteiger partial charge in [-0.3, -0.25) is 0 Å². The van der Waals surface area contributed by atoms with E-state index in [1.54, 1.807) is 0 Å². The van der Waals surface area contributed by atoms with E-state index < -0.39 is 12.1 Å². The Hall–Kier alpha value is -4.70. The number of carbonyl (C=O) groups excluding carboxylic acids is 1. The molecule has 1 aromatic heterocycles. The Labute approximate surface area is 300 Å². The zero-order valence-electron chi connectivity index (χ0n) is 29.6. The first-order valence-electron chi connectivity index (χ1n) is 16.8. The molecule has 1 aliphatic heterocycles. The molecule has 12 nitrogen and oxygen atoms in total. The lowest BCUT2D eigenvalue weighted by Crippen LogP contribution is -2.47. The highest BCUT2D eigenvalue weighted by Gasteiger charge is 2.29. The number of benzene rings is 3. The quantitative estimate of drug-likeness (QED) is 0.298. The van der Waals surface area contributed by atoms with Crippen molar-refractivity contribution in [3.8, 4) is 28.5 Å². The molecule has 2 heterocycles. The Bertz CT molecular complexity index is 1690. The van der Waals surface area contributed by atoms with Crippen LogP contribution in [-0.4, -0.2) is 80.0 Å². The minimum atomic E-state index is -5.19. The first-order chi connectivity index (χ1) is 24.8. The first-order valence-corrected chi connectivity index (χ1v) is 16.8. The minimum Gasteiger partial charge on any atom is -0.542 e. The molecule has 1 aliphatic rings. The fourth-order valence-corrected chi connectivity index (χ4v) is 4.92. The summed E-state index contributed by atoms with van der Waals surface area (Å²) < 4.78 is 68.5. The van der Waals surface area contributed by atoms with E-state index in [-0.39, 0.29) is 12.0 Å². The molecular formula is C37H45F3N4O8. The van der Waals surface area contributed by atoms with E-state index in [0.717, 1.165) is 40.4 Å². The average Bonchev–Trinajstić information content (AvgIpc) is 3.50. The van der Waals surface area contributed by atoms with Gasteiger partial charge in [0.2, 0.25) is 0 Å². The summed E-state index contributed by atoms with van der Waals surface area (Å²) in [4.78, 5) is 8.78. The summed E-state index contributed by atoms with van der Waals surface area (Å²) in [7, 11) is 0. The monoisotopic (exact) mass is 730 g/mol. The summed E-state index contributed by atoms with van der Waals surface area (Å²) >= 11 is 0. The van der Waals surface area contributed by atoms with Gasteiger partial charge in [-0.05, 0) is 40.8 Å². The van der Waals surface area contributed by atoms with Crippen LogP contribution in [0.2, 0.25) is 0 Å². The number of aromatic nitrogens is 3. The number of ether oxygens (including phenoxy) is 6. The zero-order valence-corrected chi connectivity index (χ0v) is 29.6. The van der Waals surface area contributed by atoms with Crippen molar-refractivity contribution in [2.75, 3.05) is 52.9 Å². The van der Waals surface area contributed by atoms with E-state index in [1.165, 1.54) is 5.56 Å². The lowest BCUT2D eigenvalue weighted by molar-refractivity contribution is -0.386. The second kappa shape index (κ2) is 19.2. The van der Waals surface area contributed by atoms with E-state index in [1.807, 2.05) is 35.0 Å². The number of hydrogen-bond donors (Lipinski definition) is 1. The van der Waals surface area contributed by atoms with Crippen LogP contribution in [0.15, 0.2) is 66.7 Å². The molecule has 52 heavy (non-hydrogen) atoms. The highest BCUT2D eigenvalue weighted by molar-refractivity contribution is 5.70. The van der Waals surface area contributed by atoms with Crippen LogP contribution in [0.5, 0.6) is 17.2 Å². The van der Waals surface area contributed by atoms with E-state index in [2.05, 4.69) is 73.2 Å². The molecule has 0 atom stereocenters. The van der Waals surface area contributed by atoms with E-state index in [0.29, 0.717) is 70.9 Å².